The van der Waals surface area contributed by atoms with Gasteiger partial charge in [-0.1, -0.05) is 18.2 Å². The van der Waals surface area contributed by atoms with Gasteiger partial charge in [-0.05, 0) is 47.5 Å². The molecule has 2 N–H and O–H groups in total. The number of hydrogen-bond acceptors (Lipinski definition) is 5. The van der Waals surface area contributed by atoms with Gasteiger partial charge in [0.1, 0.15) is 0 Å². The van der Waals surface area contributed by atoms with Crippen molar-refractivity contribution in [3.05, 3.63) is 85.6 Å². The number of nitrogens with zero attached hydrogens (tertiary/aromatic N) is 3. The molecule has 0 radical (unpaired) electrons. The van der Waals surface area contributed by atoms with Gasteiger partial charge in [0.15, 0.2) is 0 Å². The Kier molecular flexibility index (Phi) is 4.74. The molecule has 5 nitrogen and oxygen atoms in total. The Morgan fingerprint density at radius 2 is 1.22 bits per heavy atom. The summed E-state index contributed by atoms with van der Waals surface area (Å²) in [7, 11) is -1.53. The Bertz CT molecular complexity index is 982. The number of benzene rings is 1. The minimum atomic E-state index is -1.53. The highest BCUT2D eigenvalue weighted by Crippen LogP contribution is 2.31. The van der Waals surface area contributed by atoms with E-state index in [-0.39, 0.29) is 0 Å². The van der Waals surface area contributed by atoms with Crippen LogP contribution in [0, 0.1) is 0 Å². The highest BCUT2D eigenvalue weighted by molar-refractivity contribution is 6.58. The molecule has 1 aromatic carbocycles. The Morgan fingerprint density at radius 3 is 1.67 bits per heavy atom. The standard InChI is InChI=1S/C21H16BN3O2/c26-22(27)20-5-6-21(25-14-20)19-10-17(15-3-1-7-23-12-15)9-18(11-19)16-4-2-8-24-13-16/h1-14,26-27H. The molecule has 0 bridgehead atoms. The Balaban J connectivity index is 1.85. The van der Waals surface area contributed by atoms with Crippen molar-refractivity contribution in [3.8, 4) is 33.5 Å². The molecule has 4 aromatic rings. The third-order valence-electron chi connectivity index (χ3n) is 4.30. The molecule has 3 aromatic heterocycles. The van der Waals surface area contributed by atoms with Crippen LogP contribution in [0.5, 0.6) is 0 Å². The number of aromatic nitrogens is 3. The quantitative estimate of drug-likeness (QED) is 0.552. The van der Waals surface area contributed by atoms with E-state index in [1.807, 2.05) is 48.8 Å². The van der Waals surface area contributed by atoms with Crippen LogP contribution < -0.4 is 5.46 Å². The molecule has 0 saturated heterocycles. The van der Waals surface area contributed by atoms with Gasteiger partial charge in [0.05, 0.1) is 5.69 Å². The zero-order chi connectivity index (χ0) is 18.6. The van der Waals surface area contributed by atoms with Crippen molar-refractivity contribution in [1.29, 1.82) is 0 Å². The summed E-state index contributed by atoms with van der Waals surface area (Å²) in [4.78, 5) is 12.8. The van der Waals surface area contributed by atoms with E-state index >= 15 is 0 Å². The third kappa shape index (κ3) is 3.77. The molecule has 0 atom stereocenters. The van der Waals surface area contributed by atoms with Crippen molar-refractivity contribution in [2.75, 3.05) is 0 Å². The Morgan fingerprint density at radius 1 is 0.630 bits per heavy atom. The van der Waals surface area contributed by atoms with Crippen LogP contribution >= 0.6 is 0 Å². The summed E-state index contributed by atoms with van der Waals surface area (Å²) in [6.45, 7) is 0. The maximum absolute atomic E-state index is 9.27. The van der Waals surface area contributed by atoms with Crippen LogP contribution in [0.3, 0.4) is 0 Å². The fraction of sp³-hybridized carbons (Fsp3) is 0. The molecule has 0 spiro atoms. The molecule has 0 aliphatic rings. The van der Waals surface area contributed by atoms with E-state index in [1.165, 1.54) is 6.20 Å². The lowest BCUT2D eigenvalue weighted by atomic mass is 9.81. The molecule has 6 heteroatoms. The topological polar surface area (TPSA) is 79.1 Å². The Hall–Kier alpha value is -3.35. The Labute approximate surface area is 157 Å². The maximum Gasteiger partial charge on any atom is 0.490 e. The second-order valence-corrected chi connectivity index (χ2v) is 6.13. The van der Waals surface area contributed by atoms with Gasteiger partial charge in [-0.25, -0.2) is 0 Å². The van der Waals surface area contributed by atoms with Gasteiger partial charge in [0.25, 0.3) is 0 Å². The van der Waals surface area contributed by atoms with Crippen LogP contribution in [0.25, 0.3) is 33.5 Å². The van der Waals surface area contributed by atoms with Crippen molar-refractivity contribution in [2.24, 2.45) is 0 Å². The highest BCUT2D eigenvalue weighted by Gasteiger charge is 2.12. The predicted octanol–water partition coefficient (Wildman–Crippen LogP) is 2.55. The zero-order valence-electron chi connectivity index (χ0n) is 14.4. The lowest BCUT2D eigenvalue weighted by molar-refractivity contribution is 0.425. The SMILES string of the molecule is OB(O)c1ccc(-c2cc(-c3cccnc3)cc(-c3cccnc3)c2)nc1. The second kappa shape index (κ2) is 7.49. The van der Waals surface area contributed by atoms with Crippen LogP contribution in [0.1, 0.15) is 0 Å². The van der Waals surface area contributed by atoms with Crippen LogP contribution in [0.15, 0.2) is 85.6 Å². The normalized spacial score (nSPS) is 10.6. The van der Waals surface area contributed by atoms with E-state index in [4.69, 9.17) is 0 Å². The van der Waals surface area contributed by atoms with E-state index in [9.17, 15) is 10.0 Å². The van der Waals surface area contributed by atoms with Crippen molar-refractivity contribution in [2.45, 2.75) is 0 Å². The first-order chi connectivity index (χ1) is 13.2. The van der Waals surface area contributed by atoms with Crippen molar-refractivity contribution >= 4 is 12.6 Å². The van der Waals surface area contributed by atoms with Crippen LogP contribution in [0.2, 0.25) is 0 Å². The van der Waals surface area contributed by atoms with Crippen LogP contribution in [0.4, 0.5) is 0 Å². The molecule has 0 unspecified atom stereocenters. The first-order valence-electron chi connectivity index (χ1n) is 8.49. The fourth-order valence-corrected chi connectivity index (χ4v) is 2.90. The lowest BCUT2D eigenvalue weighted by Crippen LogP contribution is -2.29. The molecular weight excluding hydrogens is 337 g/mol. The molecule has 0 aliphatic carbocycles. The lowest BCUT2D eigenvalue weighted by Gasteiger charge is -2.11. The highest BCUT2D eigenvalue weighted by atomic mass is 16.4. The zero-order valence-corrected chi connectivity index (χ0v) is 14.4. The third-order valence-corrected chi connectivity index (χ3v) is 4.30. The van der Waals surface area contributed by atoms with E-state index in [0.717, 1.165) is 33.5 Å². The largest absolute Gasteiger partial charge is 0.490 e. The summed E-state index contributed by atoms with van der Waals surface area (Å²) in [5, 5.41) is 18.5. The first-order valence-corrected chi connectivity index (χ1v) is 8.49. The molecule has 0 amide bonds. The van der Waals surface area contributed by atoms with Gasteiger partial charge >= 0.3 is 7.12 Å². The first kappa shape index (κ1) is 17.1. The molecule has 0 aliphatic heterocycles. The van der Waals surface area contributed by atoms with Gasteiger partial charge in [0.2, 0.25) is 0 Å². The maximum atomic E-state index is 9.27. The van der Waals surface area contributed by atoms with E-state index in [2.05, 4.69) is 21.0 Å². The minimum absolute atomic E-state index is 0.356. The molecule has 27 heavy (non-hydrogen) atoms. The van der Waals surface area contributed by atoms with Crippen LogP contribution in [-0.4, -0.2) is 32.1 Å². The minimum Gasteiger partial charge on any atom is -0.423 e. The van der Waals surface area contributed by atoms with Gasteiger partial charge < -0.3 is 10.0 Å². The van der Waals surface area contributed by atoms with Crippen molar-refractivity contribution in [3.63, 3.8) is 0 Å². The molecule has 0 saturated carbocycles. The van der Waals surface area contributed by atoms with Crippen LogP contribution in [-0.2, 0) is 0 Å². The summed E-state index contributed by atoms with van der Waals surface area (Å²) in [6, 6.07) is 17.5. The van der Waals surface area contributed by atoms with Gasteiger partial charge in [0, 0.05) is 53.1 Å². The molecular formula is C21H16BN3O2. The summed E-state index contributed by atoms with van der Waals surface area (Å²) < 4.78 is 0. The number of hydrogen-bond donors (Lipinski definition) is 2. The van der Waals surface area contributed by atoms with Gasteiger partial charge in [-0.15, -0.1) is 0 Å². The molecule has 4 rings (SSSR count). The second-order valence-electron chi connectivity index (χ2n) is 6.13. The summed E-state index contributed by atoms with van der Waals surface area (Å²) in [5.74, 6) is 0. The average molecular weight is 353 g/mol. The van der Waals surface area contributed by atoms with Crippen molar-refractivity contribution in [1.82, 2.24) is 15.0 Å². The van der Waals surface area contributed by atoms with E-state index < -0.39 is 7.12 Å². The number of pyridine rings is 3. The smallest absolute Gasteiger partial charge is 0.423 e. The van der Waals surface area contributed by atoms with Gasteiger partial charge in [-0.2, -0.15) is 0 Å². The van der Waals surface area contributed by atoms with Crippen molar-refractivity contribution < 1.29 is 10.0 Å². The monoisotopic (exact) mass is 353 g/mol. The summed E-state index contributed by atoms with van der Waals surface area (Å²) in [6.07, 6.45) is 8.61. The average Bonchev–Trinajstić information content (AvgIpc) is 2.75. The number of rotatable bonds is 4. The summed E-state index contributed by atoms with van der Waals surface area (Å²) in [5.41, 5.74) is 6.08. The predicted molar refractivity (Wildman–Crippen MR) is 106 cm³/mol. The summed E-state index contributed by atoms with van der Waals surface area (Å²) >= 11 is 0. The fourth-order valence-electron chi connectivity index (χ4n) is 2.90. The molecule has 0 fully saturated rings. The van der Waals surface area contributed by atoms with E-state index in [0.29, 0.717) is 5.46 Å². The molecule has 130 valence electrons. The van der Waals surface area contributed by atoms with Gasteiger partial charge in [-0.3, -0.25) is 15.0 Å². The van der Waals surface area contributed by atoms with E-state index in [1.54, 1.807) is 24.5 Å². The molecule has 3 heterocycles.